The first-order chi connectivity index (χ1) is 21.0. The average Bonchev–Trinajstić information content (AvgIpc) is 3.37. The summed E-state index contributed by atoms with van der Waals surface area (Å²) in [5, 5.41) is 23.0. The van der Waals surface area contributed by atoms with Crippen molar-refractivity contribution in [3.05, 3.63) is 35.5 Å². The maximum atomic E-state index is 13.9. The summed E-state index contributed by atoms with van der Waals surface area (Å²) in [6.45, 7) is 18.6. The molecular formula is C39H58FNO4. The number of carboxylic acid groups (broad SMARTS) is 2. The largest absolute Gasteiger partial charge is 0.481 e. The van der Waals surface area contributed by atoms with Gasteiger partial charge in [-0.05, 0) is 146 Å². The van der Waals surface area contributed by atoms with Gasteiger partial charge < -0.3 is 15.5 Å². The van der Waals surface area contributed by atoms with E-state index < -0.39 is 24.0 Å². The number of nitrogens with one attached hydrogen (secondary N) is 1. The minimum atomic E-state index is -1.26. The van der Waals surface area contributed by atoms with E-state index in [1.165, 1.54) is 42.4 Å². The lowest BCUT2D eigenvalue weighted by Crippen LogP contribution is -2.68. The van der Waals surface area contributed by atoms with Crippen molar-refractivity contribution in [3.63, 3.8) is 0 Å². The Hall–Kier alpha value is -1.95. The number of halogens is 1. The van der Waals surface area contributed by atoms with E-state index in [1.807, 2.05) is 0 Å². The normalized spacial score (nSPS) is 46.9. The van der Waals surface area contributed by atoms with Crippen molar-refractivity contribution in [2.75, 3.05) is 13.2 Å². The van der Waals surface area contributed by atoms with Gasteiger partial charge in [-0.2, -0.15) is 0 Å². The molecule has 0 aromatic carbocycles. The Labute approximate surface area is 270 Å². The zero-order valence-electron chi connectivity index (χ0n) is 28.7. The second kappa shape index (κ2) is 10.8. The van der Waals surface area contributed by atoms with Crippen molar-refractivity contribution in [2.24, 2.45) is 56.7 Å². The molecule has 6 aliphatic carbocycles. The maximum absolute atomic E-state index is 13.9. The van der Waals surface area contributed by atoms with Crippen molar-refractivity contribution < 1.29 is 24.2 Å². The summed E-state index contributed by atoms with van der Waals surface area (Å²) in [6.07, 6.45) is 16.1. The third kappa shape index (κ3) is 4.53. The number of hydrogen-bond donors (Lipinski definition) is 3. The zero-order chi connectivity index (χ0) is 32.8. The maximum Gasteiger partial charge on any atom is 0.317 e. The molecule has 1 unspecified atom stereocenters. The molecule has 6 aliphatic rings. The highest BCUT2D eigenvalue weighted by Crippen LogP contribution is 2.76. The molecule has 0 aromatic rings. The van der Waals surface area contributed by atoms with Crippen LogP contribution in [0.25, 0.3) is 0 Å². The topological polar surface area (TPSA) is 86.6 Å². The molecule has 0 aromatic heterocycles. The average molecular weight is 624 g/mol. The van der Waals surface area contributed by atoms with Crippen LogP contribution in [0.15, 0.2) is 35.5 Å². The molecule has 0 amide bonds. The Bertz CT molecular complexity index is 1330. The van der Waals surface area contributed by atoms with Crippen molar-refractivity contribution in [1.82, 2.24) is 5.32 Å². The van der Waals surface area contributed by atoms with Crippen LogP contribution in [-0.4, -0.2) is 40.9 Å². The number of allylic oxidation sites excluding steroid dienone is 5. The number of carboxylic acids is 2. The molecule has 6 heteroatoms. The van der Waals surface area contributed by atoms with E-state index in [0.717, 1.165) is 32.1 Å². The minimum Gasteiger partial charge on any atom is -0.481 e. The van der Waals surface area contributed by atoms with Gasteiger partial charge in [-0.15, -0.1) is 0 Å². The van der Waals surface area contributed by atoms with Crippen LogP contribution in [0.3, 0.4) is 0 Å². The van der Waals surface area contributed by atoms with Crippen LogP contribution in [0.1, 0.15) is 119 Å². The Morgan fingerprint density at radius 3 is 2.24 bits per heavy atom. The van der Waals surface area contributed by atoms with Crippen LogP contribution in [0.5, 0.6) is 0 Å². The van der Waals surface area contributed by atoms with Crippen LogP contribution >= 0.6 is 0 Å². The lowest BCUT2D eigenvalue weighted by Gasteiger charge is -2.72. The van der Waals surface area contributed by atoms with E-state index in [-0.39, 0.29) is 40.2 Å². The van der Waals surface area contributed by atoms with Gasteiger partial charge >= 0.3 is 11.9 Å². The Kier molecular flexibility index (Phi) is 7.90. The van der Waals surface area contributed by atoms with Crippen LogP contribution in [0, 0.1) is 56.7 Å². The van der Waals surface area contributed by atoms with Gasteiger partial charge in [0.15, 0.2) is 0 Å². The highest BCUT2D eigenvalue weighted by Gasteiger charge is 2.70. The fourth-order valence-corrected chi connectivity index (χ4v) is 13.4. The van der Waals surface area contributed by atoms with Gasteiger partial charge in [-0.25, -0.2) is 4.39 Å². The van der Waals surface area contributed by atoms with Gasteiger partial charge in [0, 0.05) is 5.54 Å². The smallest absolute Gasteiger partial charge is 0.317 e. The molecule has 0 radical (unpaired) electrons. The molecule has 0 saturated heterocycles. The molecule has 0 heterocycles. The minimum absolute atomic E-state index is 0.0319. The summed E-state index contributed by atoms with van der Waals surface area (Å²) in [6, 6.07) is 0. The predicted octanol–water partition coefficient (Wildman–Crippen LogP) is 8.76. The molecule has 4 fully saturated rings. The first-order valence-electron chi connectivity index (χ1n) is 17.8. The number of aliphatic carboxylic acids is 2. The first-order valence-corrected chi connectivity index (χ1v) is 17.8. The van der Waals surface area contributed by atoms with Gasteiger partial charge in [0.25, 0.3) is 0 Å². The molecule has 0 spiro atoms. The second-order valence-corrected chi connectivity index (χ2v) is 17.8. The second-order valence-electron chi connectivity index (χ2n) is 17.8. The quantitative estimate of drug-likeness (QED) is 0.247. The molecule has 4 saturated carbocycles. The SMILES string of the molecule is C=C(C)[C@@H]1CC[C@]2(NCC(=O)O)CC[C@]3(C)C(CC[C@@H]4[C@@]5(C)CC=C(C6=CC[C@](CF)(C(=O)O)CC6)C(C)(C)[C@@H]5CC[C@]43C)[C@@H]12. The lowest BCUT2D eigenvalue weighted by molar-refractivity contribution is -0.221. The number of alkyl halides is 1. The molecule has 6 rings (SSSR count). The molecule has 0 aliphatic heterocycles. The molecular weight excluding hydrogens is 565 g/mol. The molecule has 0 bridgehead atoms. The molecule has 250 valence electrons. The van der Waals surface area contributed by atoms with Crippen LogP contribution < -0.4 is 5.32 Å². The van der Waals surface area contributed by atoms with Crippen molar-refractivity contribution in [2.45, 2.75) is 124 Å². The summed E-state index contributed by atoms with van der Waals surface area (Å²) in [5.74, 6) is 0.804. The van der Waals surface area contributed by atoms with Gasteiger partial charge in [0.1, 0.15) is 6.67 Å². The monoisotopic (exact) mass is 623 g/mol. The van der Waals surface area contributed by atoms with E-state index in [1.54, 1.807) is 0 Å². The summed E-state index contributed by atoms with van der Waals surface area (Å²) in [5.41, 5.74) is 3.07. The summed E-state index contributed by atoms with van der Waals surface area (Å²) in [7, 11) is 0. The number of rotatable bonds is 7. The van der Waals surface area contributed by atoms with Crippen LogP contribution in [-0.2, 0) is 9.59 Å². The third-order valence-corrected chi connectivity index (χ3v) is 15.9. The fourth-order valence-electron chi connectivity index (χ4n) is 13.4. The summed E-state index contributed by atoms with van der Waals surface area (Å²) < 4.78 is 13.9. The molecule has 45 heavy (non-hydrogen) atoms. The van der Waals surface area contributed by atoms with E-state index in [9.17, 15) is 24.2 Å². The fraction of sp³-hybridized carbons (Fsp3) is 0.795. The summed E-state index contributed by atoms with van der Waals surface area (Å²) in [4.78, 5) is 23.6. The predicted molar refractivity (Wildman–Crippen MR) is 176 cm³/mol. The third-order valence-electron chi connectivity index (χ3n) is 15.9. The van der Waals surface area contributed by atoms with Crippen LogP contribution in [0.2, 0.25) is 0 Å². The molecule has 10 atom stereocenters. The van der Waals surface area contributed by atoms with Crippen LogP contribution in [0.4, 0.5) is 4.39 Å². The number of fused-ring (bicyclic) bond motifs is 7. The van der Waals surface area contributed by atoms with E-state index in [4.69, 9.17) is 0 Å². The van der Waals surface area contributed by atoms with E-state index >= 15 is 0 Å². The van der Waals surface area contributed by atoms with E-state index in [0.29, 0.717) is 42.4 Å². The Morgan fingerprint density at radius 1 is 0.911 bits per heavy atom. The standard InChI is InChI=1S/C39H58FNO4/c1-24(2)26-12-19-39(41-22-31(42)43)21-20-36(6)28(32(26)39)8-9-30-35(5)15-13-27(34(3,4)29(35)14-16-37(30,36)7)25-10-17-38(23-40,18-11-25)33(44)45/h10,13,26,28-30,32,41H,1,8-9,11-12,14-23H2,2-7H3,(H,42,43)(H,44,45)/t26-,28?,29-,30+,32+,35-,36+,37+,38-,39-/m0/s1. The molecule has 3 N–H and O–H groups in total. The molecule has 5 nitrogen and oxygen atoms in total. The van der Waals surface area contributed by atoms with Gasteiger partial charge in [-0.1, -0.05) is 58.9 Å². The Balaban J connectivity index is 1.32. The first kappa shape index (κ1) is 33.0. The number of carbonyl (C=O) groups is 2. The van der Waals surface area contributed by atoms with E-state index in [2.05, 4.69) is 65.6 Å². The van der Waals surface area contributed by atoms with Crippen molar-refractivity contribution in [3.8, 4) is 0 Å². The lowest BCUT2D eigenvalue weighted by atomic mass is 9.33. The summed E-state index contributed by atoms with van der Waals surface area (Å²) >= 11 is 0. The highest BCUT2D eigenvalue weighted by atomic mass is 19.1. The van der Waals surface area contributed by atoms with Crippen molar-refractivity contribution >= 4 is 11.9 Å². The van der Waals surface area contributed by atoms with Gasteiger partial charge in [-0.3, -0.25) is 9.59 Å². The highest BCUT2D eigenvalue weighted by molar-refractivity contribution is 5.75. The Morgan fingerprint density at radius 2 is 1.64 bits per heavy atom. The van der Waals surface area contributed by atoms with Crippen molar-refractivity contribution in [1.29, 1.82) is 0 Å². The zero-order valence-corrected chi connectivity index (χ0v) is 28.7. The number of hydrogen-bond acceptors (Lipinski definition) is 3. The van der Waals surface area contributed by atoms with Gasteiger partial charge in [0.2, 0.25) is 0 Å². The van der Waals surface area contributed by atoms with Gasteiger partial charge in [0.05, 0.1) is 12.0 Å².